The second-order valence-corrected chi connectivity index (χ2v) is 4.22. The first-order valence-corrected chi connectivity index (χ1v) is 5.09. The molecule has 1 N–H and O–H groups in total. The Morgan fingerprint density at radius 2 is 1.36 bits per heavy atom. The van der Waals surface area contributed by atoms with E-state index in [0.29, 0.717) is 0 Å². The fourth-order valence-corrected chi connectivity index (χ4v) is 1.74. The third kappa shape index (κ3) is 6.51. The first-order valence-electron chi connectivity index (χ1n) is 3.55. The van der Waals surface area contributed by atoms with Crippen molar-refractivity contribution in [1.82, 2.24) is 5.50 Å². The van der Waals surface area contributed by atoms with Crippen LogP contribution in [0.25, 0.3) is 0 Å². The molecule has 0 spiro atoms. The molecule has 0 saturated heterocycles. The van der Waals surface area contributed by atoms with E-state index in [1.807, 2.05) is 0 Å². The summed E-state index contributed by atoms with van der Waals surface area (Å²) in [5.41, 5.74) is 7.10. The fraction of sp³-hybridized carbons (Fsp3) is 1.00. The summed E-state index contributed by atoms with van der Waals surface area (Å²) < 4.78 is 20.6. The predicted octanol–water partition coefficient (Wildman–Crippen LogP) is 2.23. The van der Waals surface area contributed by atoms with Gasteiger partial charge in [-0.25, -0.2) is 4.57 Å². The van der Waals surface area contributed by atoms with Gasteiger partial charge in [0.1, 0.15) is 0 Å². The maximum atomic E-state index is 11.1. The summed E-state index contributed by atoms with van der Waals surface area (Å²) in [7, 11) is -3.55. The van der Waals surface area contributed by atoms with Crippen molar-refractivity contribution in [3.05, 3.63) is 0 Å². The Kier molecular flexibility index (Phi) is 4.26. The molecule has 5 heteroatoms. The lowest BCUT2D eigenvalue weighted by Crippen LogP contribution is -2.07. The molecule has 0 aliphatic carbocycles. The molecule has 0 rings (SSSR count). The van der Waals surface area contributed by atoms with E-state index in [4.69, 9.17) is 14.6 Å². The molecule has 0 aromatic heterocycles. The molecule has 0 aromatic rings. The Morgan fingerprint density at radius 1 is 1.09 bits per heavy atom. The van der Waals surface area contributed by atoms with Gasteiger partial charge in [0.2, 0.25) is 0 Å². The van der Waals surface area contributed by atoms with Gasteiger partial charge in [0, 0.05) is 0 Å². The predicted molar refractivity (Wildman–Crippen MR) is 43.1 cm³/mol. The van der Waals surface area contributed by atoms with Gasteiger partial charge in [-0.05, 0) is 27.7 Å². The molecule has 4 nitrogen and oxygen atoms in total. The summed E-state index contributed by atoms with van der Waals surface area (Å²) in [6.07, 6.45) is -0.478. The van der Waals surface area contributed by atoms with E-state index in [2.05, 4.69) is 0 Å². The van der Waals surface area contributed by atoms with Crippen LogP contribution in [-0.4, -0.2) is 12.2 Å². The van der Waals surface area contributed by atoms with Crippen LogP contribution in [0.3, 0.4) is 0 Å². The van der Waals surface area contributed by atoms with Crippen LogP contribution in [-0.2, 0) is 13.6 Å². The minimum absolute atomic E-state index is 0.239. The van der Waals surface area contributed by atoms with Gasteiger partial charge in [-0.15, -0.1) is 5.50 Å². The highest BCUT2D eigenvalue weighted by atomic mass is 31.2. The Bertz CT molecular complexity index is 144. The van der Waals surface area contributed by atoms with Crippen molar-refractivity contribution >= 4 is 7.75 Å². The van der Waals surface area contributed by atoms with Gasteiger partial charge in [0.15, 0.2) is 0 Å². The first kappa shape index (κ1) is 11.1. The van der Waals surface area contributed by atoms with E-state index in [-0.39, 0.29) is 12.2 Å². The number of hydrogen-bond acceptors (Lipinski definition) is 3. The van der Waals surface area contributed by atoms with Gasteiger partial charge in [0.25, 0.3) is 0 Å². The average Bonchev–Trinajstić information content (AvgIpc) is 1.53. The van der Waals surface area contributed by atoms with Gasteiger partial charge >= 0.3 is 7.75 Å². The van der Waals surface area contributed by atoms with Crippen LogP contribution in [0.2, 0.25) is 0 Å². The van der Waals surface area contributed by atoms with Crippen LogP contribution >= 0.6 is 7.75 Å². The van der Waals surface area contributed by atoms with Crippen LogP contribution < -0.4 is 5.50 Å². The normalized spacial score (nSPS) is 13.0. The molecule has 0 unspecified atom stereocenters. The van der Waals surface area contributed by atoms with Crippen molar-refractivity contribution in [2.24, 2.45) is 0 Å². The standard InChI is InChI=1S/C6H15NO3P/c1-5(2)9-11(7,8)10-6(3)4/h5-7H,1-4H3. The molecule has 0 aliphatic heterocycles. The zero-order valence-corrected chi connectivity index (χ0v) is 8.22. The molecule has 0 bridgehead atoms. The van der Waals surface area contributed by atoms with E-state index < -0.39 is 7.75 Å². The van der Waals surface area contributed by atoms with E-state index in [9.17, 15) is 4.57 Å². The third-order valence-corrected chi connectivity index (χ3v) is 2.10. The second kappa shape index (κ2) is 4.21. The molecule has 0 atom stereocenters. The zero-order chi connectivity index (χ0) is 9.07. The molecule has 0 saturated carbocycles. The fourth-order valence-electron chi connectivity index (χ4n) is 0.580. The molecule has 0 heterocycles. The minimum Gasteiger partial charge on any atom is -0.293 e. The molecular weight excluding hydrogens is 165 g/mol. The summed E-state index contributed by atoms with van der Waals surface area (Å²) >= 11 is 0. The number of hydrogen-bond donors (Lipinski definition) is 0. The molecule has 0 amide bonds. The van der Waals surface area contributed by atoms with Gasteiger partial charge < -0.3 is 0 Å². The summed E-state index contributed by atoms with van der Waals surface area (Å²) in [6, 6.07) is 0. The summed E-state index contributed by atoms with van der Waals surface area (Å²) in [6.45, 7) is 6.85. The van der Waals surface area contributed by atoms with Crippen LogP contribution in [0.1, 0.15) is 27.7 Å². The quantitative estimate of drug-likeness (QED) is 0.623. The Morgan fingerprint density at radius 3 is 1.55 bits per heavy atom. The molecular formula is C6H15NO3P. The summed E-state index contributed by atoms with van der Waals surface area (Å²) in [4.78, 5) is 0. The monoisotopic (exact) mass is 180 g/mol. The van der Waals surface area contributed by atoms with E-state index in [1.54, 1.807) is 27.7 Å². The molecule has 1 radical (unpaired) electrons. The first-order chi connectivity index (χ1) is 4.83. The largest absolute Gasteiger partial charge is 0.419 e. The highest BCUT2D eigenvalue weighted by Gasteiger charge is 2.22. The number of rotatable bonds is 4. The SMILES string of the molecule is CC(C)OP([NH])(=O)OC(C)C. The number of nitrogens with one attached hydrogen (secondary N) is 1. The van der Waals surface area contributed by atoms with Gasteiger partial charge in [0.05, 0.1) is 12.2 Å². The topological polar surface area (TPSA) is 59.3 Å². The van der Waals surface area contributed by atoms with Crippen LogP contribution in [0.15, 0.2) is 0 Å². The Balaban J connectivity index is 3.91. The van der Waals surface area contributed by atoms with E-state index in [0.717, 1.165) is 0 Å². The van der Waals surface area contributed by atoms with Crippen LogP contribution in [0.5, 0.6) is 0 Å². The van der Waals surface area contributed by atoms with Crippen molar-refractivity contribution in [2.45, 2.75) is 39.9 Å². The Labute approximate surface area is 67.7 Å². The molecule has 11 heavy (non-hydrogen) atoms. The Hall–Kier alpha value is 0.110. The van der Waals surface area contributed by atoms with Gasteiger partial charge in [-0.2, -0.15) is 0 Å². The van der Waals surface area contributed by atoms with Crippen molar-refractivity contribution in [3.8, 4) is 0 Å². The highest BCUT2D eigenvalue weighted by molar-refractivity contribution is 7.50. The van der Waals surface area contributed by atoms with Crippen LogP contribution in [0.4, 0.5) is 0 Å². The minimum atomic E-state index is -3.55. The van der Waals surface area contributed by atoms with Crippen molar-refractivity contribution in [2.75, 3.05) is 0 Å². The average molecular weight is 180 g/mol. The summed E-state index contributed by atoms with van der Waals surface area (Å²) in [5.74, 6) is 0. The molecule has 67 valence electrons. The smallest absolute Gasteiger partial charge is 0.293 e. The van der Waals surface area contributed by atoms with Gasteiger partial charge in [-0.3, -0.25) is 9.05 Å². The lowest BCUT2D eigenvalue weighted by molar-refractivity contribution is 0.141. The second-order valence-electron chi connectivity index (χ2n) is 2.81. The van der Waals surface area contributed by atoms with E-state index in [1.165, 1.54) is 0 Å². The maximum Gasteiger partial charge on any atom is 0.419 e. The zero-order valence-electron chi connectivity index (χ0n) is 7.33. The van der Waals surface area contributed by atoms with Crippen molar-refractivity contribution in [3.63, 3.8) is 0 Å². The third-order valence-electron chi connectivity index (χ3n) is 0.699. The molecule has 0 aliphatic rings. The maximum absolute atomic E-state index is 11.1. The van der Waals surface area contributed by atoms with Crippen molar-refractivity contribution < 1.29 is 13.6 Å². The van der Waals surface area contributed by atoms with Crippen molar-refractivity contribution in [1.29, 1.82) is 0 Å². The van der Waals surface area contributed by atoms with Crippen LogP contribution in [0, 0.1) is 0 Å². The highest BCUT2D eigenvalue weighted by Crippen LogP contribution is 2.44. The lowest BCUT2D eigenvalue weighted by Gasteiger charge is -2.16. The molecule has 0 aromatic carbocycles. The lowest BCUT2D eigenvalue weighted by atomic mass is 10.5. The molecule has 0 fully saturated rings. The summed E-state index contributed by atoms with van der Waals surface area (Å²) in [5, 5.41) is 0. The van der Waals surface area contributed by atoms with Gasteiger partial charge in [-0.1, -0.05) is 0 Å². The van der Waals surface area contributed by atoms with E-state index >= 15 is 0 Å².